The summed E-state index contributed by atoms with van der Waals surface area (Å²) in [5.74, 6) is 0.0548. The molecule has 0 saturated heterocycles. The molecule has 0 atom stereocenters. The Labute approximate surface area is 137 Å². The number of carbonyl (C=O) groups is 1. The zero-order valence-electron chi connectivity index (χ0n) is 14.2. The normalized spacial score (nSPS) is 15.4. The summed E-state index contributed by atoms with van der Waals surface area (Å²) in [6, 6.07) is 5.50. The van der Waals surface area contributed by atoms with Gasteiger partial charge in [0, 0.05) is 18.8 Å². The van der Waals surface area contributed by atoms with Crippen LogP contribution in [0.25, 0.3) is 0 Å². The Balaban J connectivity index is 2.26. The number of carbonyl (C=O) groups excluding carboxylic acids is 1. The average molecular weight is 315 g/mol. The van der Waals surface area contributed by atoms with Crippen molar-refractivity contribution in [3.05, 3.63) is 33.7 Å². The first-order chi connectivity index (χ1) is 11.0. The van der Waals surface area contributed by atoms with Crippen LogP contribution in [0.4, 0.5) is 0 Å². The first kappa shape index (κ1) is 17.3. The second-order valence-electron chi connectivity index (χ2n) is 6.63. The predicted octanol–water partition coefficient (Wildman–Crippen LogP) is 2.63. The highest BCUT2D eigenvalue weighted by atomic mass is 16.2. The summed E-state index contributed by atoms with van der Waals surface area (Å²) >= 11 is 0. The standard InChI is InChI=1S/C18H25N3O2/c1-13(2)16-10-9-14(11-19)18(23)21(16)12-17(22)20(3)15-7-5-4-6-8-15/h9-10,13,15H,4-8,12H2,1-3H3. The molecule has 0 unspecified atom stereocenters. The van der Waals surface area contributed by atoms with Gasteiger partial charge in [0.2, 0.25) is 5.91 Å². The summed E-state index contributed by atoms with van der Waals surface area (Å²) in [4.78, 5) is 26.8. The smallest absolute Gasteiger partial charge is 0.269 e. The lowest BCUT2D eigenvalue weighted by Gasteiger charge is -2.31. The van der Waals surface area contributed by atoms with Crippen molar-refractivity contribution in [2.45, 2.75) is 64.5 Å². The van der Waals surface area contributed by atoms with Crippen LogP contribution in [-0.4, -0.2) is 28.5 Å². The molecule has 1 fully saturated rings. The predicted molar refractivity (Wildman–Crippen MR) is 89.1 cm³/mol. The first-order valence-corrected chi connectivity index (χ1v) is 8.35. The number of aromatic nitrogens is 1. The summed E-state index contributed by atoms with van der Waals surface area (Å²) in [6.45, 7) is 3.97. The van der Waals surface area contributed by atoms with Crippen LogP contribution >= 0.6 is 0 Å². The molecule has 0 aromatic carbocycles. The molecule has 5 heteroatoms. The molecule has 1 aromatic heterocycles. The summed E-state index contributed by atoms with van der Waals surface area (Å²) in [5.41, 5.74) is 0.506. The molecule has 1 aliphatic carbocycles. The summed E-state index contributed by atoms with van der Waals surface area (Å²) in [6.07, 6.45) is 5.62. The lowest BCUT2D eigenvalue weighted by Crippen LogP contribution is -2.42. The van der Waals surface area contributed by atoms with E-state index in [1.54, 1.807) is 17.0 Å². The fraction of sp³-hybridized carbons (Fsp3) is 0.611. The average Bonchev–Trinajstić information content (AvgIpc) is 2.56. The third-order valence-corrected chi connectivity index (χ3v) is 4.73. The molecule has 124 valence electrons. The van der Waals surface area contributed by atoms with Gasteiger partial charge in [-0.2, -0.15) is 5.26 Å². The molecule has 23 heavy (non-hydrogen) atoms. The van der Waals surface area contributed by atoms with Gasteiger partial charge in [0.1, 0.15) is 18.2 Å². The molecule has 2 rings (SSSR count). The van der Waals surface area contributed by atoms with Gasteiger partial charge in [0.25, 0.3) is 5.56 Å². The van der Waals surface area contributed by atoms with Crippen molar-refractivity contribution in [1.82, 2.24) is 9.47 Å². The highest BCUT2D eigenvalue weighted by Crippen LogP contribution is 2.22. The summed E-state index contributed by atoms with van der Waals surface area (Å²) in [7, 11) is 1.83. The molecular formula is C18H25N3O2. The molecule has 0 aliphatic heterocycles. The number of likely N-dealkylation sites (N-methyl/N-ethyl adjacent to an activating group) is 1. The van der Waals surface area contributed by atoms with Crippen LogP contribution in [0, 0.1) is 11.3 Å². The van der Waals surface area contributed by atoms with Crippen LogP contribution in [0.1, 0.15) is 63.1 Å². The molecule has 1 aromatic rings. The van der Waals surface area contributed by atoms with Crippen molar-refractivity contribution in [1.29, 1.82) is 5.26 Å². The van der Waals surface area contributed by atoms with Gasteiger partial charge < -0.3 is 9.47 Å². The Bertz CT molecular complexity index is 664. The van der Waals surface area contributed by atoms with E-state index in [0.717, 1.165) is 31.4 Å². The Morgan fingerprint density at radius 1 is 1.35 bits per heavy atom. The number of nitrogens with zero attached hydrogens (tertiary/aromatic N) is 3. The second kappa shape index (κ2) is 7.45. The maximum atomic E-state index is 12.6. The van der Waals surface area contributed by atoms with Gasteiger partial charge in [0.05, 0.1) is 0 Å². The van der Waals surface area contributed by atoms with Crippen LogP contribution in [0.5, 0.6) is 0 Å². The molecule has 1 saturated carbocycles. The molecule has 0 bridgehead atoms. The SMILES string of the molecule is CC(C)c1ccc(C#N)c(=O)n1CC(=O)N(C)C1CCCCC1. The minimum atomic E-state index is -0.371. The van der Waals surface area contributed by atoms with Crippen LogP contribution in [-0.2, 0) is 11.3 Å². The van der Waals surface area contributed by atoms with E-state index < -0.39 is 0 Å². The molecule has 0 spiro atoms. The van der Waals surface area contributed by atoms with Crippen molar-refractivity contribution >= 4 is 5.91 Å². The van der Waals surface area contributed by atoms with Gasteiger partial charge in [-0.25, -0.2) is 0 Å². The summed E-state index contributed by atoms with van der Waals surface area (Å²) < 4.78 is 1.46. The van der Waals surface area contributed by atoms with Crippen LogP contribution in [0.2, 0.25) is 0 Å². The fourth-order valence-electron chi connectivity index (χ4n) is 3.26. The lowest BCUT2D eigenvalue weighted by atomic mass is 9.94. The number of rotatable bonds is 4. The number of nitriles is 1. The Morgan fingerprint density at radius 3 is 2.57 bits per heavy atom. The van der Waals surface area contributed by atoms with Crippen molar-refractivity contribution < 1.29 is 4.79 Å². The Morgan fingerprint density at radius 2 is 2.00 bits per heavy atom. The molecular weight excluding hydrogens is 290 g/mol. The number of hydrogen-bond acceptors (Lipinski definition) is 3. The maximum Gasteiger partial charge on any atom is 0.269 e. The zero-order chi connectivity index (χ0) is 17.0. The minimum absolute atomic E-state index is 0.00880. The number of pyridine rings is 1. The molecule has 5 nitrogen and oxygen atoms in total. The van der Waals surface area contributed by atoms with Gasteiger partial charge in [-0.05, 0) is 30.9 Å². The van der Waals surface area contributed by atoms with E-state index in [-0.39, 0.29) is 35.5 Å². The Kier molecular flexibility index (Phi) is 5.59. The van der Waals surface area contributed by atoms with E-state index in [2.05, 4.69) is 0 Å². The maximum absolute atomic E-state index is 12.6. The number of amides is 1. The summed E-state index contributed by atoms with van der Waals surface area (Å²) in [5, 5.41) is 9.06. The highest BCUT2D eigenvalue weighted by molar-refractivity contribution is 5.76. The van der Waals surface area contributed by atoms with E-state index in [1.165, 1.54) is 11.0 Å². The van der Waals surface area contributed by atoms with E-state index >= 15 is 0 Å². The largest absolute Gasteiger partial charge is 0.341 e. The van der Waals surface area contributed by atoms with Gasteiger partial charge in [-0.15, -0.1) is 0 Å². The molecule has 1 amide bonds. The van der Waals surface area contributed by atoms with Crippen LogP contribution < -0.4 is 5.56 Å². The highest BCUT2D eigenvalue weighted by Gasteiger charge is 2.23. The monoisotopic (exact) mass is 315 g/mol. The third kappa shape index (κ3) is 3.82. The van der Waals surface area contributed by atoms with Crippen LogP contribution in [0.3, 0.4) is 0 Å². The Hall–Kier alpha value is -2.09. The van der Waals surface area contributed by atoms with Gasteiger partial charge in [-0.1, -0.05) is 33.1 Å². The van der Waals surface area contributed by atoms with Crippen LogP contribution in [0.15, 0.2) is 16.9 Å². The molecule has 1 heterocycles. The van der Waals surface area contributed by atoms with Gasteiger partial charge in [0.15, 0.2) is 0 Å². The topological polar surface area (TPSA) is 66.1 Å². The zero-order valence-corrected chi connectivity index (χ0v) is 14.2. The minimum Gasteiger partial charge on any atom is -0.341 e. The fourth-order valence-corrected chi connectivity index (χ4v) is 3.26. The van der Waals surface area contributed by atoms with Gasteiger partial charge >= 0.3 is 0 Å². The van der Waals surface area contributed by atoms with Crippen molar-refractivity contribution in [2.24, 2.45) is 0 Å². The lowest BCUT2D eigenvalue weighted by molar-refractivity contribution is -0.133. The molecule has 0 N–H and O–H groups in total. The van der Waals surface area contributed by atoms with Crippen molar-refractivity contribution in [2.75, 3.05) is 7.05 Å². The van der Waals surface area contributed by atoms with Gasteiger partial charge in [-0.3, -0.25) is 9.59 Å². The quantitative estimate of drug-likeness (QED) is 0.858. The molecule has 0 radical (unpaired) electrons. The first-order valence-electron chi connectivity index (χ1n) is 8.35. The van der Waals surface area contributed by atoms with E-state index in [9.17, 15) is 9.59 Å². The van der Waals surface area contributed by atoms with E-state index in [4.69, 9.17) is 5.26 Å². The molecule has 1 aliphatic rings. The second-order valence-corrected chi connectivity index (χ2v) is 6.63. The third-order valence-electron chi connectivity index (χ3n) is 4.73. The van der Waals surface area contributed by atoms with Crippen molar-refractivity contribution in [3.8, 4) is 6.07 Å². The van der Waals surface area contributed by atoms with E-state index in [1.807, 2.05) is 27.0 Å². The van der Waals surface area contributed by atoms with E-state index in [0.29, 0.717) is 0 Å². The number of hydrogen-bond donors (Lipinski definition) is 0. The van der Waals surface area contributed by atoms with Crippen molar-refractivity contribution in [3.63, 3.8) is 0 Å².